The van der Waals surface area contributed by atoms with E-state index in [9.17, 15) is 18.8 Å². The normalized spacial score (nSPS) is 22.4. The molecule has 0 radical (unpaired) electrons. The molecule has 3 aliphatic carbocycles. The van der Waals surface area contributed by atoms with Crippen LogP contribution in [0.4, 0.5) is 27.3 Å². The molecule has 0 aliphatic heterocycles. The van der Waals surface area contributed by atoms with Crippen LogP contribution in [0.2, 0.25) is 5.15 Å². The number of nitrogens with one attached hydrogen (secondary N) is 3. The highest BCUT2D eigenvalue weighted by atomic mass is 35.5. The maximum Gasteiger partial charge on any atom is 0.255 e. The van der Waals surface area contributed by atoms with E-state index in [1.165, 1.54) is 55.7 Å². The average molecular weight is 887 g/mol. The summed E-state index contributed by atoms with van der Waals surface area (Å²) in [6.45, 7) is 6.58. The summed E-state index contributed by atoms with van der Waals surface area (Å²) >= 11 is 6.11. The van der Waals surface area contributed by atoms with Crippen molar-refractivity contribution in [1.82, 2.24) is 43.8 Å². The van der Waals surface area contributed by atoms with Gasteiger partial charge in [-0.3, -0.25) is 14.4 Å². The summed E-state index contributed by atoms with van der Waals surface area (Å²) in [7, 11) is 0. The Morgan fingerprint density at radius 2 is 0.921 bits per heavy atom. The third-order valence-corrected chi connectivity index (χ3v) is 12.9. The molecule has 19 nitrogen and oxygen atoms in total. The number of hydrogen-bond acceptors (Lipinski definition) is 13. The molecule has 3 saturated carbocycles. The summed E-state index contributed by atoms with van der Waals surface area (Å²) in [4.78, 5) is 47.8. The highest BCUT2D eigenvalue weighted by Crippen LogP contribution is 2.34. The molecule has 6 aromatic rings. The van der Waals surface area contributed by atoms with E-state index in [4.69, 9.17) is 34.5 Å². The minimum Gasteiger partial charge on any atom is -0.382 e. The predicted octanol–water partition coefficient (Wildman–Crippen LogP) is 5.83. The van der Waals surface area contributed by atoms with Gasteiger partial charge in [-0.05, 0) is 56.3 Å². The minimum atomic E-state index is -0.876. The first kappa shape index (κ1) is 44.7. The molecule has 6 atom stereocenters. The SMILES string of the molecule is CC1CCCCC1Nc1c(C(N)=O)c(Cl)nn2ccnc12.CC1CCCCC1Nc1c(C(N)=O)c(F)nn2ccnc12.CC1CCCCC1Nc1c(C(N)=O)c(N)nn2ccnc12. The van der Waals surface area contributed by atoms with Crippen LogP contribution in [0.25, 0.3) is 16.9 Å². The average Bonchev–Trinajstić information content (AvgIpc) is 4.02. The van der Waals surface area contributed by atoms with Crippen LogP contribution in [-0.2, 0) is 0 Å². The second-order valence-electron chi connectivity index (χ2n) is 16.9. The van der Waals surface area contributed by atoms with E-state index in [2.05, 4.69) is 67.0 Å². The van der Waals surface area contributed by atoms with Gasteiger partial charge in [0.15, 0.2) is 27.9 Å². The smallest absolute Gasteiger partial charge is 0.255 e. The van der Waals surface area contributed by atoms with Gasteiger partial charge < -0.3 is 38.9 Å². The Balaban J connectivity index is 0.000000142. The van der Waals surface area contributed by atoms with Crippen molar-refractivity contribution in [2.24, 2.45) is 35.0 Å². The van der Waals surface area contributed by atoms with Crippen LogP contribution in [0.5, 0.6) is 0 Å². The van der Waals surface area contributed by atoms with E-state index in [0.29, 0.717) is 57.8 Å². The molecule has 0 spiro atoms. The predicted molar refractivity (Wildman–Crippen MR) is 239 cm³/mol. The van der Waals surface area contributed by atoms with Crippen molar-refractivity contribution >= 4 is 69.1 Å². The van der Waals surface area contributed by atoms with Crippen molar-refractivity contribution in [3.05, 3.63) is 65.0 Å². The van der Waals surface area contributed by atoms with E-state index in [0.717, 1.165) is 32.1 Å². The molecule has 63 heavy (non-hydrogen) atoms. The summed E-state index contributed by atoms with van der Waals surface area (Å²) < 4.78 is 18.5. The van der Waals surface area contributed by atoms with Gasteiger partial charge in [-0.2, -0.15) is 9.49 Å². The van der Waals surface area contributed by atoms with Crippen LogP contribution in [-0.4, -0.2) is 79.6 Å². The van der Waals surface area contributed by atoms with E-state index >= 15 is 0 Å². The molecule has 21 heteroatoms. The van der Waals surface area contributed by atoms with Crippen LogP contribution in [0, 0.1) is 23.7 Å². The number of imidazole rings is 3. The molecule has 6 unspecified atom stereocenters. The van der Waals surface area contributed by atoms with Gasteiger partial charge in [0.2, 0.25) is 5.95 Å². The Kier molecular flexibility index (Phi) is 13.8. The maximum absolute atomic E-state index is 14.1. The second kappa shape index (κ2) is 19.4. The molecule has 0 saturated heterocycles. The Bertz CT molecular complexity index is 2330. The van der Waals surface area contributed by atoms with Gasteiger partial charge in [0.25, 0.3) is 17.7 Å². The fraction of sp³-hybridized carbons (Fsp3) is 0.500. The number of primary amides is 3. The topological polar surface area (TPSA) is 282 Å². The zero-order valence-electron chi connectivity index (χ0n) is 35.7. The van der Waals surface area contributed by atoms with Crippen molar-refractivity contribution < 1.29 is 18.8 Å². The van der Waals surface area contributed by atoms with Crippen LogP contribution in [0.3, 0.4) is 0 Å². The number of carbonyl (C=O) groups is 3. The number of aromatic nitrogens is 9. The molecule has 0 bridgehead atoms. The fourth-order valence-electron chi connectivity index (χ4n) is 9.05. The first-order chi connectivity index (χ1) is 30.2. The lowest BCUT2D eigenvalue weighted by molar-refractivity contribution is 0.0988. The molecule has 3 fully saturated rings. The lowest BCUT2D eigenvalue weighted by Gasteiger charge is -2.31. The third-order valence-electron chi connectivity index (χ3n) is 12.6. The first-order valence-corrected chi connectivity index (χ1v) is 22.0. The number of nitrogen functional groups attached to an aromatic ring is 1. The van der Waals surface area contributed by atoms with Crippen molar-refractivity contribution in [2.45, 2.75) is 116 Å². The molecule has 3 aliphatic rings. The highest BCUT2D eigenvalue weighted by Gasteiger charge is 2.29. The Morgan fingerprint density at radius 1 is 0.571 bits per heavy atom. The van der Waals surface area contributed by atoms with E-state index in [1.54, 1.807) is 40.0 Å². The number of nitrogens with zero attached hydrogens (tertiary/aromatic N) is 9. The fourth-order valence-corrected chi connectivity index (χ4v) is 9.32. The maximum atomic E-state index is 14.1. The summed E-state index contributed by atoms with van der Waals surface area (Å²) in [5, 5.41) is 22.2. The summed E-state index contributed by atoms with van der Waals surface area (Å²) in [6, 6.07) is 0.758. The monoisotopic (exact) mass is 886 g/mol. The van der Waals surface area contributed by atoms with Crippen LogP contribution in [0.15, 0.2) is 37.2 Å². The molecular weight excluding hydrogens is 831 g/mol. The van der Waals surface area contributed by atoms with Crippen LogP contribution in [0.1, 0.15) is 129 Å². The van der Waals surface area contributed by atoms with Crippen molar-refractivity contribution in [1.29, 1.82) is 0 Å². The Morgan fingerprint density at radius 3 is 1.32 bits per heavy atom. The Hall–Kier alpha value is -6.31. The summed E-state index contributed by atoms with van der Waals surface area (Å²) in [5.41, 5.74) is 25.5. The molecule has 0 aromatic carbocycles. The highest BCUT2D eigenvalue weighted by molar-refractivity contribution is 6.33. The Labute approximate surface area is 368 Å². The number of halogens is 2. The van der Waals surface area contributed by atoms with Crippen LogP contribution >= 0.6 is 11.6 Å². The standard InChI is InChI=1S/C14H18ClN5O.C14H18FN5O.C14H20N6O/c3*1-8-4-2-3-5-9(8)18-11-10(13(16)21)12(15)19-20-7-6-17-14(11)20/h2*6-9,18H,2-5H2,1H3,(H2,16,21);6-9,18H,2-5H2,1H3,(H2,15,19)(H2,16,21). The van der Waals surface area contributed by atoms with E-state index in [-0.39, 0.29) is 39.7 Å². The van der Waals surface area contributed by atoms with Gasteiger partial charge in [0.05, 0.1) is 17.1 Å². The zero-order chi connectivity index (χ0) is 44.9. The second-order valence-corrected chi connectivity index (χ2v) is 17.3. The number of carbonyl (C=O) groups excluding carboxylic acids is 3. The number of anilines is 4. The van der Waals surface area contributed by atoms with Crippen molar-refractivity contribution in [2.75, 3.05) is 21.7 Å². The van der Waals surface area contributed by atoms with Gasteiger partial charge in [-0.1, -0.05) is 70.9 Å². The molecule has 6 heterocycles. The number of fused-ring (bicyclic) bond motifs is 3. The van der Waals surface area contributed by atoms with Gasteiger partial charge in [-0.15, -0.1) is 10.2 Å². The van der Waals surface area contributed by atoms with Gasteiger partial charge in [0.1, 0.15) is 16.7 Å². The number of nitrogens with two attached hydrogens (primary N) is 4. The molecule has 336 valence electrons. The molecule has 11 N–H and O–H groups in total. The molecular formula is C42H56ClFN16O3. The quantitative estimate of drug-likeness (QED) is 0.0901. The van der Waals surface area contributed by atoms with E-state index < -0.39 is 23.7 Å². The van der Waals surface area contributed by atoms with Gasteiger partial charge >= 0.3 is 0 Å². The lowest BCUT2D eigenvalue weighted by atomic mass is 9.85. The first-order valence-electron chi connectivity index (χ1n) is 21.6. The number of amides is 3. The van der Waals surface area contributed by atoms with Crippen molar-refractivity contribution in [3.8, 4) is 0 Å². The van der Waals surface area contributed by atoms with Gasteiger partial charge in [-0.25, -0.2) is 28.5 Å². The zero-order valence-corrected chi connectivity index (χ0v) is 36.5. The third kappa shape index (κ3) is 9.69. The van der Waals surface area contributed by atoms with Crippen molar-refractivity contribution in [3.63, 3.8) is 0 Å². The summed E-state index contributed by atoms with van der Waals surface area (Å²) in [5.74, 6) is -1.26. The minimum absolute atomic E-state index is 0.0963. The largest absolute Gasteiger partial charge is 0.382 e. The summed E-state index contributed by atoms with van der Waals surface area (Å²) in [6.07, 6.45) is 23.4. The molecule has 6 aromatic heterocycles. The van der Waals surface area contributed by atoms with E-state index in [1.807, 2.05) is 0 Å². The van der Waals surface area contributed by atoms with Crippen LogP contribution < -0.4 is 38.9 Å². The number of rotatable bonds is 9. The number of hydrogen-bond donors (Lipinski definition) is 7. The molecule has 9 rings (SSSR count). The molecule has 3 amide bonds. The van der Waals surface area contributed by atoms with Gasteiger partial charge in [0, 0.05) is 55.3 Å². The lowest BCUT2D eigenvalue weighted by Crippen LogP contribution is -2.32.